The van der Waals surface area contributed by atoms with Crippen LogP contribution in [0, 0.1) is 0 Å². The Morgan fingerprint density at radius 1 is 1.00 bits per heavy atom. The molecule has 0 atom stereocenters. The number of pyridine rings is 1. The summed E-state index contributed by atoms with van der Waals surface area (Å²) < 4.78 is 40.9. The van der Waals surface area contributed by atoms with E-state index in [0.29, 0.717) is 22.9 Å². The van der Waals surface area contributed by atoms with Gasteiger partial charge in [-0.15, -0.1) is 0 Å². The minimum Gasteiger partial charge on any atom is -0.343 e. The van der Waals surface area contributed by atoms with Crippen molar-refractivity contribution >= 4 is 22.5 Å². The number of hydrogen-bond donors (Lipinski definition) is 1. The van der Waals surface area contributed by atoms with E-state index in [1.54, 1.807) is 24.5 Å². The SMILES string of the molecule is Cn1c(-c2cccc(C(F)(F)F)c2)cc2cnc(Nc3ccncn3)cc21. The molecule has 0 aliphatic rings. The molecule has 0 aliphatic heterocycles. The molecule has 0 amide bonds. The minimum atomic E-state index is -4.38. The highest BCUT2D eigenvalue weighted by molar-refractivity contribution is 5.88. The molecule has 0 unspecified atom stereocenters. The predicted molar refractivity (Wildman–Crippen MR) is 96.5 cm³/mol. The number of halogens is 3. The first-order valence-corrected chi connectivity index (χ1v) is 8.08. The molecule has 0 saturated carbocycles. The number of benzene rings is 1. The first kappa shape index (κ1) is 17.0. The second-order valence-electron chi connectivity index (χ2n) is 6.02. The number of aromatic nitrogens is 4. The average molecular weight is 369 g/mol. The number of aryl methyl sites for hydroxylation is 1. The second kappa shape index (κ2) is 6.39. The van der Waals surface area contributed by atoms with Gasteiger partial charge in [-0.1, -0.05) is 12.1 Å². The van der Waals surface area contributed by atoms with Crippen LogP contribution in [0.15, 0.2) is 61.2 Å². The van der Waals surface area contributed by atoms with Crippen LogP contribution in [0.3, 0.4) is 0 Å². The topological polar surface area (TPSA) is 55.6 Å². The molecule has 27 heavy (non-hydrogen) atoms. The normalized spacial score (nSPS) is 11.7. The van der Waals surface area contributed by atoms with Crippen molar-refractivity contribution < 1.29 is 13.2 Å². The van der Waals surface area contributed by atoms with Crippen molar-refractivity contribution in [1.29, 1.82) is 0 Å². The molecule has 0 fully saturated rings. The Hall–Kier alpha value is -3.42. The van der Waals surface area contributed by atoms with Gasteiger partial charge in [0.05, 0.1) is 11.1 Å². The first-order valence-electron chi connectivity index (χ1n) is 8.08. The van der Waals surface area contributed by atoms with E-state index in [9.17, 15) is 13.2 Å². The summed E-state index contributed by atoms with van der Waals surface area (Å²) in [6.07, 6.45) is 0.337. The van der Waals surface area contributed by atoms with Crippen LogP contribution in [0.25, 0.3) is 22.2 Å². The molecule has 3 aromatic heterocycles. The molecule has 4 rings (SSSR count). The monoisotopic (exact) mass is 369 g/mol. The highest BCUT2D eigenvalue weighted by Crippen LogP contribution is 2.34. The number of rotatable bonds is 3. The summed E-state index contributed by atoms with van der Waals surface area (Å²) in [5, 5.41) is 3.91. The van der Waals surface area contributed by atoms with E-state index in [4.69, 9.17) is 0 Å². The van der Waals surface area contributed by atoms with Crippen molar-refractivity contribution in [3.8, 4) is 11.3 Å². The van der Waals surface area contributed by atoms with Gasteiger partial charge in [-0.05, 0) is 29.8 Å². The summed E-state index contributed by atoms with van der Waals surface area (Å²) >= 11 is 0. The third-order valence-corrected chi connectivity index (χ3v) is 4.25. The van der Waals surface area contributed by atoms with Crippen LogP contribution in [0.2, 0.25) is 0 Å². The molecule has 0 spiro atoms. The van der Waals surface area contributed by atoms with E-state index in [1.807, 2.05) is 23.7 Å². The molecule has 0 aliphatic carbocycles. The van der Waals surface area contributed by atoms with Gasteiger partial charge in [-0.2, -0.15) is 13.2 Å². The van der Waals surface area contributed by atoms with Gasteiger partial charge in [0.15, 0.2) is 0 Å². The van der Waals surface area contributed by atoms with Crippen LogP contribution in [0.5, 0.6) is 0 Å². The zero-order chi connectivity index (χ0) is 19.0. The lowest BCUT2D eigenvalue weighted by Gasteiger charge is -2.10. The Balaban J connectivity index is 1.74. The van der Waals surface area contributed by atoms with Crippen LogP contribution in [0.1, 0.15) is 5.56 Å². The van der Waals surface area contributed by atoms with E-state index < -0.39 is 11.7 Å². The van der Waals surface area contributed by atoms with Crippen molar-refractivity contribution in [2.75, 3.05) is 5.32 Å². The first-order chi connectivity index (χ1) is 12.9. The molecule has 0 bridgehead atoms. The van der Waals surface area contributed by atoms with Gasteiger partial charge in [0.1, 0.15) is 18.0 Å². The zero-order valence-corrected chi connectivity index (χ0v) is 14.2. The van der Waals surface area contributed by atoms with Crippen LogP contribution in [-0.2, 0) is 13.2 Å². The number of nitrogens with one attached hydrogen (secondary N) is 1. The average Bonchev–Trinajstić information content (AvgIpc) is 2.98. The summed E-state index contributed by atoms with van der Waals surface area (Å²) in [6.45, 7) is 0. The summed E-state index contributed by atoms with van der Waals surface area (Å²) in [7, 11) is 1.81. The fraction of sp³-hybridized carbons (Fsp3) is 0.105. The number of fused-ring (bicyclic) bond motifs is 1. The number of nitrogens with zero attached hydrogens (tertiary/aromatic N) is 4. The third kappa shape index (κ3) is 3.33. The predicted octanol–water partition coefficient (Wildman–Crippen LogP) is 4.79. The molecule has 4 aromatic rings. The molecule has 0 radical (unpaired) electrons. The maximum Gasteiger partial charge on any atom is 0.416 e. The molecule has 1 N–H and O–H groups in total. The molecule has 0 saturated heterocycles. The highest BCUT2D eigenvalue weighted by Gasteiger charge is 2.30. The summed E-state index contributed by atoms with van der Waals surface area (Å²) in [4.78, 5) is 12.3. The van der Waals surface area contributed by atoms with Crippen LogP contribution >= 0.6 is 0 Å². The summed E-state index contributed by atoms with van der Waals surface area (Å²) in [5.74, 6) is 1.18. The summed E-state index contributed by atoms with van der Waals surface area (Å²) in [6, 6.07) is 10.7. The van der Waals surface area contributed by atoms with Gasteiger partial charge in [0, 0.05) is 36.6 Å². The highest BCUT2D eigenvalue weighted by atomic mass is 19.4. The quantitative estimate of drug-likeness (QED) is 0.564. The van der Waals surface area contributed by atoms with Gasteiger partial charge in [-0.25, -0.2) is 15.0 Å². The Morgan fingerprint density at radius 2 is 1.85 bits per heavy atom. The Morgan fingerprint density at radius 3 is 2.59 bits per heavy atom. The fourth-order valence-corrected chi connectivity index (χ4v) is 2.93. The maximum absolute atomic E-state index is 13.0. The molecular weight excluding hydrogens is 355 g/mol. The van der Waals surface area contributed by atoms with Crippen molar-refractivity contribution in [3.05, 3.63) is 66.7 Å². The van der Waals surface area contributed by atoms with Crippen molar-refractivity contribution in [2.24, 2.45) is 7.05 Å². The molecular formula is C19H14F3N5. The zero-order valence-electron chi connectivity index (χ0n) is 14.2. The maximum atomic E-state index is 13.0. The van der Waals surface area contributed by atoms with Gasteiger partial charge in [0.2, 0.25) is 0 Å². The van der Waals surface area contributed by atoms with Crippen LogP contribution in [-0.4, -0.2) is 19.5 Å². The van der Waals surface area contributed by atoms with Crippen molar-refractivity contribution in [3.63, 3.8) is 0 Å². The molecule has 136 valence electrons. The molecule has 5 nitrogen and oxygen atoms in total. The molecule has 3 heterocycles. The number of anilines is 2. The van der Waals surface area contributed by atoms with Crippen molar-refractivity contribution in [1.82, 2.24) is 19.5 Å². The smallest absolute Gasteiger partial charge is 0.343 e. The van der Waals surface area contributed by atoms with E-state index in [0.717, 1.165) is 23.0 Å². The van der Waals surface area contributed by atoms with Crippen molar-refractivity contribution in [2.45, 2.75) is 6.18 Å². The fourth-order valence-electron chi connectivity index (χ4n) is 2.93. The standard InChI is InChI=1S/C19H14F3N5/c1-27-15(12-3-2-4-14(7-12)19(20,21)22)8-13-10-24-18(9-16(13)27)26-17-5-6-23-11-25-17/h2-11H,1H3,(H,23,24,25,26). The van der Waals surface area contributed by atoms with Gasteiger partial charge < -0.3 is 9.88 Å². The molecule has 1 aromatic carbocycles. The summed E-state index contributed by atoms with van der Waals surface area (Å²) in [5.41, 5.74) is 1.34. The number of alkyl halides is 3. The number of hydrogen-bond acceptors (Lipinski definition) is 4. The largest absolute Gasteiger partial charge is 0.416 e. The van der Waals surface area contributed by atoms with E-state index >= 15 is 0 Å². The van der Waals surface area contributed by atoms with E-state index in [1.165, 1.54) is 12.4 Å². The van der Waals surface area contributed by atoms with Gasteiger partial charge in [0.25, 0.3) is 0 Å². The Bertz CT molecular complexity index is 1100. The third-order valence-electron chi connectivity index (χ3n) is 4.25. The van der Waals surface area contributed by atoms with Gasteiger partial charge in [-0.3, -0.25) is 0 Å². The van der Waals surface area contributed by atoms with E-state index in [2.05, 4.69) is 20.3 Å². The lowest BCUT2D eigenvalue weighted by Crippen LogP contribution is -2.04. The van der Waals surface area contributed by atoms with Gasteiger partial charge >= 0.3 is 6.18 Å². The lowest BCUT2D eigenvalue weighted by molar-refractivity contribution is -0.137. The lowest BCUT2D eigenvalue weighted by atomic mass is 10.1. The Kier molecular flexibility index (Phi) is 4.02. The van der Waals surface area contributed by atoms with Crippen LogP contribution in [0.4, 0.5) is 24.8 Å². The van der Waals surface area contributed by atoms with E-state index in [-0.39, 0.29) is 0 Å². The minimum absolute atomic E-state index is 0.494. The van der Waals surface area contributed by atoms with Crippen LogP contribution < -0.4 is 5.32 Å². The second-order valence-corrected chi connectivity index (χ2v) is 6.02. The Labute approximate surface area is 152 Å². The molecule has 8 heteroatoms.